The number of hydrogen-bond acceptors (Lipinski definition) is 8. The van der Waals surface area contributed by atoms with Crippen LogP contribution in [0.1, 0.15) is 24.2 Å². The van der Waals surface area contributed by atoms with Gasteiger partial charge in [-0.3, -0.25) is 14.3 Å². The van der Waals surface area contributed by atoms with Gasteiger partial charge < -0.3 is 19.7 Å². The van der Waals surface area contributed by atoms with E-state index in [1.54, 1.807) is 29.0 Å². The highest BCUT2D eigenvalue weighted by molar-refractivity contribution is 5.85. The summed E-state index contributed by atoms with van der Waals surface area (Å²) < 4.78 is 12.8. The van der Waals surface area contributed by atoms with Crippen molar-refractivity contribution in [3.05, 3.63) is 58.3 Å². The molecule has 5 heterocycles. The Balaban J connectivity index is 0.00000274. The highest BCUT2D eigenvalue weighted by Crippen LogP contribution is 2.29. The molecule has 0 aromatic carbocycles. The van der Waals surface area contributed by atoms with Gasteiger partial charge >= 0.3 is 0 Å². The van der Waals surface area contributed by atoms with E-state index in [1.807, 2.05) is 12.1 Å². The molecular formula is C24H27ClN6O3. The first kappa shape index (κ1) is 24.0. The predicted molar refractivity (Wildman–Crippen MR) is 129 cm³/mol. The molecule has 9 nitrogen and oxygen atoms in total. The zero-order valence-corrected chi connectivity index (χ0v) is 19.6. The normalized spacial score (nSPS) is 16.1. The van der Waals surface area contributed by atoms with Crippen molar-refractivity contribution in [1.29, 1.82) is 5.26 Å². The fourth-order valence-corrected chi connectivity index (χ4v) is 4.38. The summed E-state index contributed by atoms with van der Waals surface area (Å²) in [7, 11) is 0. The van der Waals surface area contributed by atoms with Gasteiger partial charge in [-0.1, -0.05) is 0 Å². The minimum atomic E-state index is -0.0893. The van der Waals surface area contributed by atoms with Crippen LogP contribution in [0.3, 0.4) is 0 Å². The van der Waals surface area contributed by atoms with Crippen LogP contribution in [-0.2, 0) is 13.1 Å². The summed E-state index contributed by atoms with van der Waals surface area (Å²) >= 11 is 0. The van der Waals surface area contributed by atoms with Crippen LogP contribution in [0.25, 0.3) is 11.0 Å². The fraction of sp³-hybridized carbons (Fsp3) is 0.417. The molecule has 10 heteroatoms. The van der Waals surface area contributed by atoms with Gasteiger partial charge in [-0.25, -0.2) is 4.98 Å². The second-order valence-electron chi connectivity index (χ2n) is 8.36. The minimum Gasteiger partial charge on any atom is -0.486 e. The lowest BCUT2D eigenvalue weighted by molar-refractivity contribution is 0.170. The van der Waals surface area contributed by atoms with Gasteiger partial charge in [0.2, 0.25) is 0 Å². The third kappa shape index (κ3) is 5.30. The van der Waals surface area contributed by atoms with Gasteiger partial charge in [0.1, 0.15) is 30.6 Å². The van der Waals surface area contributed by atoms with Gasteiger partial charge in [-0.05, 0) is 44.1 Å². The molecule has 3 aromatic rings. The first-order valence-electron chi connectivity index (χ1n) is 11.3. The van der Waals surface area contributed by atoms with E-state index in [2.05, 4.69) is 26.3 Å². The van der Waals surface area contributed by atoms with Gasteiger partial charge in [0.25, 0.3) is 5.56 Å². The molecule has 0 amide bonds. The second-order valence-corrected chi connectivity index (χ2v) is 8.36. The standard InChI is InChI=1S/C24H26N6O3.ClH/c25-14-19-3-1-17-2-4-23(31)30(24(17)28-19)10-9-29-7-5-18(6-8-29)26-15-20-13-21-22(16-27-20)33-12-11-32-21;/h1-4,13,16,18,26H,5-12,15H2;1H. The Morgan fingerprint density at radius 2 is 1.85 bits per heavy atom. The Morgan fingerprint density at radius 3 is 2.65 bits per heavy atom. The molecule has 0 spiro atoms. The number of nitriles is 1. The fourth-order valence-electron chi connectivity index (χ4n) is 4.38. The van der Waals surface area contributed by atoms with Gasteiger partial charge in [0.05, 0.1) is 11.9 Å². The summed E-state index contributed by atoms with van der Waals surface area (Å²) in [6.45, 7) is 5.08. The second kappa shape index (κ2) is 10.8. The number of ether oxygens (including phenoxy) is 2. The highest BCUT2D eigenvalue weighted by Gasteiger charge is 2.20. The van der Waals surface area contributed by atoms with Crippen molar-refractivity contribution in [2.24, 2.45) is 0 Å². The van der Waals surface area contributed by atoms with Crippen LogP contribution in [0.15, 0.2) is 41.3 Å². The predicted octanol–water partition coefficient (Wildman–Crippen LogP) is 2.11. The van der Waals surface area contributed by atoms with Crippen molar-refractivity contribution in [3.8, 4) is 17.6 Å². The van der Waals surface area contributed by atoms with Crippen LogP contribution < -0.4 is 20.3 Å². The molecule has 0 saturated carbocycles. The monoisotopic (exact) mass is 482 g/mol. The molecule has 0 unspecified atom stereocenters. The molecule has 0 radical (unpaired) electrons. The van der Waals surface area contributed by atoms with E-state index in [0.29, 0.717) is 49.4 Å². The van der Waals surface area contributed by atoms with Crippen molar-refractivity contribution in [2.45, 2.75) is 32.0 Å². The van der Waals surface area contributed by atoms with Crippen LogP contribution in [0.5, 0.6) is 11.5 Å². The molecule has 178 valence electrons. The Labute approximate surface area is 203 Å². The lowest BCUT2D eigenvalue weighted by Crippen LogP contribution is -2.43. The lowest BCUT2D eigenvalue weighted by Gasteiger charge is -2.32. The molecule has 2 aliphatic heterocycles. The van der Waals surface area contributed by atoms with Crippen molar-refractivity contribution < 1.29 is 9.47 Å². The molecule has 1 saturated heterocycles. The van der Waals surface area contributed by atoms with Gasteiger partial charge in [-0.2, -0.15) is 5.26 Å². The van der Waals surface area contributed by atoms with Crippen LogP contribution in [-0.4, -0.2) is 58.3 Å². The molecule has 34 heavy (non-hydrogen) atoms. The van der Waals surface area contributed by atoms with E-state index in [1.165, 1.54) is 0 Å². The number of aromatic nitrogens is 3. The number of piperidine rings is 1. The highest BCUT2D eigenvalue weighted by atomic mass is 35.5. The smallest absolute Gasteiger partial charge is 0.252 e. The molecule has 5 rings (SSSR count). The molecule has 1 N–H and O–H groups in total. The summed E-state index contributed by atoms with van der Waals surface area (Å²) in [6, 6.07) is 11.3. The molecule has 3 aromatic heterocycles. The van der Waals surface area contributed by atoms with Crippen molar-refractivity contribution in [1.82, 2.24) is 24.8 Å². The average Bonchev–Trinajstić information content (AvgIpc) is 2.87. The molecule has 2 aliphatic rings. The Bertz CT molecular complexity index is 1250. The minimum absolute atomic E-state index is 0. The maximum absolute atomic E-state index is 12.5. The summed E-state index contributed by atoms with van der Waals surface area (Å²) in [5.41, 5.74) is 1.75. The van der Waals surface area contributed by atoms with Gasteiger partial charge in [0, 0.05) is 43.2 Å². The number of nitrogens with one attached hydrogen (secondary N) is 1. The zero-order valence-electron chi connectivity index (χ0n) is 18.8. The number of fused-ring (bicyclic) bond motifs is 2. The molecule has 0 bridgehead atoms. The number of likely N-dealkylation sites (tertiary alicyclic amines) is 1. The van der Waals surface area contributed by atoms with Crippen LogP contribution in [0.2, 0.25) is 0 Å². The first-order valence-corrected chi connectivity index (χ1v) is 11.3. The Kier molecular flexibility index (Phi) is 7.63. The number of halogens is 1. The Hall–Kier alpha value is -3.19. The molecule has 0 aliphatic carbocycles. The van der Waals surface area contributed by atoms with E-state index in [9.17, 15) is 4.79 Å². The zero-order chi connectivity index (χ0) is 22.6. The van der Waals surface area contributed by atoms with E-state index in [4.69, 9.17) is 14.7 Å². The average molecular weight is 483 g/mol. The van der Waals surface area contributed by atoms with Crippen molar-refractivity contribution >= 4 is 23.4 Å². The molecule has 1 fully saturated rings. The third-order valence-corrected chi connectivity index (χ3v) is 6.23. The number of hydrogen-bond donors (Lipinski definition) is 1. The number of rotatable bonds is 6. The van der Waals surface area contributed by atoms with Crippen molar-refractivity contribution in [3.63, 3.8) is 0 Å². The first-order chi connectivity index (χ1) is 16.2. The van der Waals surface area contributed by atoms with Crippen LogP contribution in [0, 0.1) is 11.3 Å². The van der Waals surface area contributed by atoms with E-state index >= 15 is 0 Å². The van der Waals surface area contributed by atoms with E-state index in [0.717, 1.165) is 49.3 Å². The molecule has 0 atom stereocenters. The molecular weight excluding hydrogens is 456 g/mol. The van der Waals surface area contributed by atoms with Crippen molar-refractivity contribution in [2.75, 3.05) is 32.8 Å². The van der Waals surface area contributed by atoms with E-state index in [-0.39, 0.29) is 18.0 Å². The van der Waals surface area contributed by atoms with Gasteiger partial charge in [0.15, 0.2) is 11.5 Å². The summed E-state index contributed by atoms with van der Waals surface area (Å²) in [5.74, 6) is 1.48. The van der Waals surface area contributed by atoms with Gasteiger partial charge in [-0.15, -0.1) is 12.4 Å². The topological polar surface area (TPSA) is 105 Å². The van der Waals surface area contributed by atoms with E-state index < -0.39 is 0 Å². The summed E-state index contributed by atoms with van der Waals surface area (Å²) in [5, 5.41) is 13.6. The maximum atomic E-state index is 12.5. The third-order valence-electron chi connectivity index (χ3n) is 6.23. The quantitative estimate of drug-likeness (QED) is 0.569. The number of pyridine rings is 3. The van der Waals surface area contributed by atoms with Crippen LogP contribution >= 0.6 is 12.4 Å². The SMILES string of the molecule is Cl.N#Cc1ccc2ccc(=O)n(CCN3CCC(NCc4cc5c(cn4)OCCO5)CC3)c2n1. The maximum Gasteiger partial charge on any atom is 0.252 e. The lowest BCUT2D eigenvalue weighted by atomic mass is 10.0. The number of nitrogens with zero attached hydrogens (tertiary/aromatic N) is 5. The largest absolute Gasteiger partial charge is 0.486 e. The Morgan fingerprint density at radius 1 is 1.09 bits per heavy atom. The van der Waals surface area contributed by atoms with Crippen LogP contribution in [0.4, 0.5) is 0 Å². The summed E-state index contributed by atoms with van der Waals surface area (Å²) in [6.07, 6.45) is 3.80. The summed E-state index contributed by atoms with van der Waals surface area (Å²) in [4.78, 5) is 23.7.